The van der Waals surface area contributed by atoms with Gasteiger partial charge < -0.3 is 5.11 Å². The number of aryl methyl sites for hydroxylation is 1. The van der Waals surface area contributed by atoms with Gasteiger partial charge in [0.05, 0.1) is 12.4 Å². The Hall–Kier alpha value is -2.81. The zero-order chi connectivity index (χ0) is 13.4. The topological polar surface area (TPSA) is 79.1 Å². The van der Waals surface area contributed by atoms with E-state index in [1.165, 1.54) is 10.7 Å². The van der Waals surface area contributed by atoms with Gasteiger partial charge in [-0.1, -0.05) is 0 Å². The maximum atomic E-state index is 10.0. The Kier molecular flexibility index (Phi) is 2.46. The first-order valence-electron chi connectivity index (χ1n) is 5.86. The number of hydrogen-bond acceptors (Lipinski definition) is 4. The zero-order valence-corrected chi connectivity index (χ0v) is 10.3. The van der Waals surface area contributed by atoms with Crippen LogP contribution in [0, 0.1) is 11.3 Å². The normalized spacial score (nSPS) is 10.7. The lowest BCUT2D eigenvalue weighted by Crippen LogP contribution is -1.92. The molecule has 0 fully saturated rings. The molecule has 0 saturated heterocycles. The van der Waals surface area contributed by atoms with Crippen molar-refractivity contribution in [1.29, 1.82) is 5.26 Å². The van der Waals surface area contributed by atoms with Crippen LogP contribution in [0.1, 0.15) is 12.5 Å². The lowest BCUT2D eigenvalue weighted by molar-refractivity contribution is 0.478. The summed E-state index contributed by atoms with van der Waals surface area (Å²) in [6.45, 7) is 2.79. The van der Waals surface area contributed by atoms with Gasteiger partial charge in [0.1, 0.15) is 22.9 Å². The molecule has 1 N–H and O–H groups in total. The van der Waals surface area contributed by atoms with E-state index >= 15 is 0 Å². The summed E-state index contributed by atoms with van der Waals surface area (Å²) in [5.41, 5.74) is 2.48. The highest BCUT2D eigenvalue weighted by atomic mass is 16.3. The average molecular weight is 253 g/mol. The fraction of sp³-hybridized carbons (Fsp3) is 0.154. The van der Waals surface area contributed by atoms with Crippen molar-refractivity contribution in [3.63, 3.8) is 0 Å². The lowest BCUT2D eigenvalue weighted by atomic mass is 10.1. The first-order chi connectivity index (χ1) is 9.22. The summed E-state index contributed by atoms with van der Waals surface area (Å²) in [5.74, 6) is 0.0378. The van der Waals surface area contributed by atoms with Gasteiger partial charge in [0.15, 0.2) is 0 Å². The van der Waals surface area contributed by atoms with Crippen molar-refractivity contribution in [2.24, 2.45) is 0 Å². The number of aromatic hydroxyl groups is 1. The van der Waals surface area contributed by atoms with Crippen LogP contribution in [-0.4, -0.2) is 24.5 Å². The summed E-state index contributed by atoms with van der Waals surface area (Å²) < 4.78 is 3.31. The number of aromatic nitrogens is 4. The number of fused-ring (bicyclic) bond motifs is 1. The smallest absolute Gasteiger partial charge is 0.143 e. The van der Waals surface area contributed by atoms with Gasteiger partial charge >= 0.3 is 0 Å². The summed E-state index contributed by atoms with van der Waals surface area (Å²) in [5, 5.41) is 27.2. The molecule has 6 nitrogen and oxygen atoms in total. The van der Waals surface area contributed by atoms with Gasteiger partial charge in [-0.25, -0.2) is 4.52 Å². The van der Waals surface area contributed by atoms with E-state index < -0.39 is 0 Å². The van der Waals surface area contributed by atoms with E-state index in [0.717, 1.165) is 17.7 Å². The van der Waals surface area contributed by atoms with E-state index in [2.05, 4.69) is 10.2 Å². The van der Waals surface area contributed by atoms with Crippen LogP contribution in [0.2, 0.25) is 0 Å². The Morgan fingerprint density at radius 2 is 2.11 bits per heavy atom. The van der Waals surface area contributed by atoms with Crippen LogP contribution in [0.15, 0.2) is 30.9 Å². The van der Waals surface area contributed by atoms with E-state index in [-0.39, 0.29) is 5.75 Å². The number of hydrogen-bond donors (Lipinski definition) is 1. The van der Waals surface area contributed by atoms with Crippen LogP contribution >= 0.6 is 0 Å². The van der Waals surface area contributed by atoms with Crippen LogP contribution in [0.4, 0.5) is 0 Å². The Morgan fingerprint density at radius 3 is 2.79 bits per heavy atom. The Labute approximate surface area is 109 Å². The molecule has 94 valence electrons. The minimum absolute atomic E-state index is 0.0378. The highest BCUT2D eigenvalue weighted by Crippen LogP contribution is 2.28. The molecule has 0 unspecified atom stereocenters. The predicted molar refractivity (Wildman–Crippen MR) is 68.5 cm³/mol. The van der Waals surface area contributed by atoms with E-state index in [0.29, 0.717) is 11.1 Å². The van der Waals surface area contributed by atoms with Crippen molar-refractivity contribution in [2.45, 2.75) is 13.5 Å². The zero-order valence-electron chi connectivity index (χ0n) is 10.3. The lowest BCUT2D eigenvalue weighted by Gasteiger charge is -2.02. The molecule has 3 aromatic heterocycles. The molecule has 0 aliphatic heterocycles. The molecule has 0 spiro atoms. The van der Waals surface area contributed by atoms with Crippen LogP contribution < -0.4 is 0 Å². The molecule has 0 aliphatic carbocycles. The second-order valence-corrected chi connectivity index (χ2v) is 4.16. The first-order valence-corrected chi connectivity index (χ1v) is 5.86. The molecule has 3 rings (SSSR count). The molecule has 3 heterocycles. The molecule has 0 amide bonds. The number of pyridine rings is 1. The van der Waals surface area contributed by atoms with Crippen molar-refractivity contribution in [2.75, 3.05) is 0 Å². The van der Waals surface area contributed by atoms with Gasteiger partial charge in [-0.05, 0) is 13.0 Å². The van der Waals surface area contributed by atoms with Crippen molar-refractivity contribution in [3.8, 4) is 22.9 Å². The fourth-order valence-electron chi connectivity index (χ4n) is 2.03. The first kappa shape index (κ1) is 11.3. The molecule has 0 radical (unpaired) electrons. The summed E-state index contributed by atoms with van der Waals surface area (Å²) in [6, 6.07) is 3.62. The Morgan fingerprint density at radius 1 is 1.26 bits per heavy atom. The monoisotopic (exact) mass is 253 g/mol. The molecule has 0 saturated carbocycles. The van der Waals surface area contributed by atoms with Crippen molar-refractivity contribution in [3.05, 3.63) is 36.4 Å². The standard InChI is InChI=1S/C13H11N5O/c1-2-17-7-11(6-15-17)9-3-12(19)13-10(4-14)5-16-18(13)8-9/h3,5-8,19H,2H2,1H3. The van der Waals surface area contributed by atoms with E-state index in [4.69, 9.17) is 5.26 Å². The SMILES string of the molecule is CCn1cc(-c2cc(O)c3c(C#N)cnn3c2)cn1. The van der Waals surface area contributed by atoms with Gasteiger partial charge in [-0.2, -0.15) is 15.5 Å². The fourth-order valence-corrected chi connectivity index (χ4v) is 2.03. The largest absolute Gasteiger partial charge is 0.506 e. The van der Waals surface area contributed by atoms with Crippen LogP contribution in [0.3, 0.4) is 0 Å². The maximum absolute atomic E-state index is 10.0. The van der Waals surface area contributed by atoms with Gasteiger partial charge in [0.2, 0.25) is 0 Å². The summed E-state index contributed by atoms with van der Waals surface area (Å²) >= 11 is 0. The minimum atomic E-state index is 0.0378. The number of nitriles is 1. The third-order valence-electron chi connectivity index (χ3n) is 3.00. The second-order valence-electron chi connectivity index (χ2n) is 4.16. The third kappa shape index (κ3) is 1.72. The molecule has 0 aliphatic rings. The summed E-state index contributed by atoms with van der Waals surface area (Å²) in [7, 11) is 0. The van der Waals surface area contributed by atoms with Gasteiger partial charge in [0, 0.05) is 30.1 Å². The third-order valence-corrected chi connectivity index (χ3v) is 3.00. The highest BCUT2D eigenvalue weighted by molar-refractivity contribution is 5.74. The van der Waals surface area contributed by atoms with Crippen molar-refractivity contribution in [1.82, 2.24) is 19.4 Å². The molecule has 0 bridgehead atoms. The Balaban J connectivity index is 2.19. The number of nitrogens with zero attached hydrogens (tertiary/aromatic N) is 5. The maximum Gasteiger partial charge on any atom is 0.143 e. The van der Waals surface area contributed by atoms with Crippen LogP contribution in [-0.2, 0) is 6.54 Å². The molecule has 0 aromatic carbocycles. The highest BCUT2D eigenvalue weighted by Gasteiger charge is 2.11. The molecular formula is C13H11N5O. The average Bonchev–Trinajstić information content (AvgIpc) is 3.04. The van der Waals surface area contributed by atoms with E-state index in [1.54, 1.807) is 23.1 Å². The van der Waals surface area contributed by atoms with Crippen molar-refractivity contribution < 1.29 is 5.11 Å². The van der Waals surface area contributed by atoms with Gasteiger partial charge in [0.25, 0.3) is 0 Å². The van der Waals surface area contributed by atoms with Crippen LogP contribution in [0.25, 0.3) is 16.6 Å². The predicted octanol–water partition coefficient (Wildman–Crippen LogP) is 1.79. The van der Waals surface area contributed by atoms with E-state index in [9.17, 15) is 5.11 Å². The molecule has 3 aromatic rings. The molecule has 6 heteroatoms. The van der Waals surface area contributed by atoms with Gasteiger partial charge in [-0.3, -0.25) is 4.68 Å². The van der Waals surface area contributed by atoms with E-state index in [1.807, 2.05) is 19.2 Å². The summed E-state index contributed by atoms with van der Waals surface area (Å²) in [4.78, 5) is 0. The quantitative estimate of drug-likeness (QED) is 0.755. The second kappa shape index (κ2) is 4.14. The molecule has 0 atom stereocenters. The Bertz CT molecular complexity index is 793. The number of rotatable bonds is 2. The van der Waals surface area contributed by atoms with Gasteiger partial charge in [-0.15, -0.1) is 0 Å². The van der Waals surface area contributed by atoms with Crippen molar-refractivity contribution >= 4 is 5.52 Å². The summed E-state index contributed by atoms with van der Waals surface area (Å²) in [6.07, 6.45) is 6.84. The molecule has 19 heavy (non-hydrogen) atoms. The minimum Gasteiger partial charge on any atom is -0.506 e. The van der Waals surface area contributed by atoms with Crippen LogP contribution in [0.5, 0.6) is 5.75 Å². The molecular weight excluding hydrogens is 242 g/mol.